The smallest absolute Gasteiger partial charge is 0.254 e. The fraction of sp³-hybridized carbons (Fsp3) is 0.600. The zero-order chi connectivity index (χ0) is 18.9. The minimum absolute atomic E-state index is 0.0717. The second kappa shape index (κ2) is 7.37. The molecule has 1 aromatic carbocycles. The van der Waals surface area contributed by atoms with E-state index in [1.807, 2.05) is 36.1 Å². The van der Waals surface area contributed by atoms with Crippen LogP contribution in [0.2, 0.25) is 0 Å². The van der Waals surface area contributed by atoms with Crippen molar-refractivity contribution in [3.05, 3.63) is 35.4 Å². The molecule has 2 amide bonds. The summed E-state index contributed by atoms with van der Waals surface area (Å²) in [5.74, 6) is -0.189. The fourth-order valence-corrected chi connectivity index (χ4v) is 3.81. The van der Waals surface area contributed by atoms with E-state index in [1.54, 1.807) is 11.9 Å². The number of amides is 2. The quantitative estimate of drug-likeness (QED) is 0.887. The van der Waals surface area contributed by atoms with E-state index in [1.165, 1.54) is 0 Å². The largest absolute Gasteiger partial charge is 0.396 e. The number of rotatable bonds is 3. The SMILES string of the molecule is Cc1ccccc1[C@@H]1[C@@H](C(=O)N2CCC(C)(CO)CC2)OCC(=O)N1C. The van der Waals surface area contributed by atoms with Crippen LogP contribution in [-0.4, -0.2) is 66.2 Å². The van der Waals surface area contributed by atoms with Gasteiger partial charge in [0.15, 0.2) is 6.10 Å². The zero-order valence-corrected chi connectivity index (χ0v) is 15.8. The summed E-state index contributed by atoms with van der Waals surface area (Å²) in [7, 11) is 1.74. The number of piperidine rings is 1. The number of aliphatic hydroxyl groups is 1. The van der Waals surface area contributed by atoms with Gasteiger partial charge in [0.1, 0.15) is 6.61 Å². The van der Waals surface area contributed by atoms with Crippen LogP contribution in [0, 0.1) is 12.3 Å². The highest BCUT2D eigenvalue weighted by Gasteiger charge is 2.43. The molecule has 2 fully saturated rings. The maximum atomic E-state index is 13.2. The van der Waals surface area contributed by atoms with E-state index in [0.29, 0.717) is 13.1 Å². The molecule has 0 radical (unpaired) electrons. The van der Waals surface area contributed by atoms with Crippen molar-refractivity contribution in [2.24, 2.45) is 5.41 Å². The summed E-state index contributed by atoms with van der Waals surface area (Å²) < 4.78 is 5.74. The van der Waals surface area contributed by atoms with Gasteiger partial charge in [0.25, 0.3) is 5.91 Å². The number of morpholine rings is 1. The highest BCUT2D eigenvalue weighted by Crippen LogP contribution is 2.35. The Hall–Kier alpha value is -1.92. The van der Waals surface area contributed by atoms with Gasteiger partial charge in [0, 0.05) is 26.7 Å². The molecule has 6 heteroatoms. The Balaban J connectivity index is 1.84. The van der Waals surface area contributed by atoms with Crippen LogP contribution in [0.3, 0.4) is 0 Å². The normalized spacial score (nSPS) is 26.1. The summed E-state index contributed by atoms with van der Waals surface area (Å²) >= 11 is 0. The van der Waals surface area contributed by atoms with Gasteiger partial charge in [0.05, 0.1) is 6.04 Å². The van der Waals surface area contributed by atoms with Crippen LogP contribution in [0.4, 0.5) is 0 Å². The summed E-state index contributed by atoms with van der Waals surface area (Å²) in [5, 5.41) is 9.54. The number of hydrogen-bond acceptors (Lipinski definition) is 4. The van der Waals surface area contributed by atoms with Gasteiger partial charge in [-0.15, -0.1) is 0 Å². The van der Waals surface area contributed by atoms with E-state index in [2.05, 4.69) is 6.92 Å². The van der Waals surface area contributed by atoms with Gasteiger partial charge in [-0.25, -0.2) is 0 Å². The Bertz CT molecular complexity index is 682. The number of carbonyl (C=O) groups excluding carboxylic acids is 2. The van der Waals surface area contributed by atoms with E-state index in [0.717, 1.165) is 24.0 Å². The van der Waals surface area contributed by atoms with Crippen molar-refractivity contribution in [1.29, 1.82) is 0 Å². The van der Waals surface area contributed by atoms with E-state index in [9.17, 15) is 14.7 Å². The third-order valence-electron chi connectivity index (χ3n) is 5.90. The summed E-state index contributed by atoms with van der Waals surface area (Å²) in [4.78, 5) is 28.9. The van der Waals surface area contributed by atoms with Crippen molar-refractivity contribution in [2.45, 2.75) is 38.8 Å². The molecule has 0 aliphatic carbocycles. The number of aryl methyl sites for hydroxylation is 1. The van der Waals surface area contributed by atoms with Crippen LogP contribution in [0.25, 0.3) is 0 Å². The van der Waals surface area contributed by atoms with Crippen molar-refractivity contribution in [2.75, 3.05) is 33.4 Å². The molecular formula is C20H28N2O4. The van der Waals surface area contributed by atoms with Gasteiger partial charge in [0.2, 0.25) is 5.91 Å². The Kier molecular flexibility index (Phi) is 5.34. The molecule has 0 saturated carbocycles. The number of aliphatic hydroxyl groups excluding tert-OH is 1. The van der Waals surface area contributed by atoms with Gasteiger partial charge in [-0.2, -0.15) is 0 Å². The monoisotopic (exact) mass is 360 g/mol. The van der Waals surface area contributed by atoms with Crippen LogP contribution in [0.5, 0.6) is 0 Å². The summed E-state index contributed by atoms with van der Waals surface area (Å²) in [6.45, 7) is 5.31. The molecule has 2 aliphatic heterocycles. The Labute approximate surface area is 154 Å². The molecular weight excluding hydrogens is 332 g/mol. The van der Waals surface area contributed by atoms with Gasteiger partial charge < -0.3 is 19.6 Å². The first-order valence-electron chi connectivity index (χ1n) is 9.19. The number of nitrogens with zero attached hydrogens (tertiary/aromatic N) is 2. The van der Waals surface area contributed by atoms with Gasteiger partial charge in [-0.3, -0.25) is 9.59 Å². The maximum Gasteiger partial charge on any atom is 0.254 e. The molecule has 0 bridgehead atoms. The fourth-order valence-electron chi connectivity index (χ4n) is 3.81. The highest BCUT2D eigenvalue weighted by atomic mass is 16.5. The summed E-state index contributed by atoms with van der Waals surface area (Å²) in [5.41, 5.74) is 1.86. The lowest BCUT2D eigenvalue weighted by molar-refractivity contribution is -0.168. The van der Waals surface area contributed by atoms with E-state index >= 15 is 0 Å². The van der Waals surface area contributed by atoms with Crippen molar-refractivity contribution in [3.63, 3.8) is 0 Å². The first-order chi connectivity index (χ1) is 12.4. The van der Waals surface area contributed by atoms with E-state index < -0.39 is 12.1 Å². The molecule has 2 saturated heterocycles. The second-order valence-corrected chi connectivity index (χ2v) is 7.83. The van der Waals surface area contributed by atoms with E-state index in [-0.39, 0.29) is 30.4 Å². The van der Waals surface area contributed by atoms with Crippen molar-refractivity contribution in [3.8, 4) is 0 Å². The summed E-state index contributed by atoms with van der Waals surface area (Å²) in [6.07, 6.45) is 0.842. The minimum Gasteiger partial charge on any atom is -0.396 e. The van der Waals surface area contributed by atoms with Crippen molar-refractivity contribution < 1.29 is 19.4 Å². The molecule has 0 spiro atoms. The number of likely N-dealkylation sites (N-methyl/N-ethyl adjacent to an activating group) is 1. The van der Waals surface area contributed by atoms with Gasteiger partial charge in [-0.05, 0) is 36.3 Å². The molecule has 3 rings (SSSR count). The number of benzene rings is 1. The second-order valence-electron chi connectivity index (χ2n) is 7.83. The van der Waals surface area contributed by atoms with Gasteiger partial charge in [-0.1, -0.05) is 31.2 Å². The predicted molar refractivity (Wildman–Crippen MR) is 97.4 cm³/mol. The van der Waals surface area contributed by atoms with Crippen molar-refractivity contribution in [1.82, 2.24) is 9.80 Å². The standard InChI is InChI=1S/C20H28N2O4/c1-14-6-4-5-7-15(14)17-18(26-12-16(24)21(17)3)19(25)22-10-8-20(2,13-23)9-11-22/h4-7,17-18,23H,8-13H2,1-3H3/t17-,18+/m1/s1. The lowest BCUT2D eigenvalue weighted by Crippen LogP contribution is -2.55. The van der Waals surface area contributed by atoms with Crippen LogP contribution in [0.15, 0.2) is 24.3 Å². The Morgan fingerprint density at radius 1 is 1.31 bits per heavy atom. The third kappa shape index (κ3) is 3.48. The lowest BCUT2D eigenvalue weighted by Gasteiger charge is -2.43. The zero-order valence-electron chi connectivity index (χ0n) is 15.8. The average Bonchev–Trinajstić information content (AvgIpc) is 2.65. The van der Waals surface area contributed by atoms with Crippen LogP contribution >= 0.6 is 0 Å². The lowest BCUT2D eigenvalue weighted by atomic mass is 9.81. The molecule has 1 N–H and O–H groups in total. The third-order valence-corrected chi connectivity index (χ3v) is 5.90. The molecule has 0 unspecified atom stereocenters. The minimum atomic E-state index is -0.697. The first-order valence-corrected chi connectivity index (χ1v) is 9.19. The molecule has 2 heterocycles. The highest BCUT2D eigenvalue weighted by molar-refractivity contribution is 5.86. The molecule has 26 heavy (non-hydrogen) atoms. The van der Waals surface area contributed by atoms with Crippen LogP contribution in [-0.2, 0) is 14.3 Å². The molecule has 142 valence electrons. The number of carbonyl (C=O) groups is 2. The van der Waals surface area contributed by atoms with E-state index in [4.69, 9.17) is 4.74 Å². The summed E-state index contributed by atoms with van der Waals surface area (Å²) in [6, 6.07) is 7.39. The number of hydrogen-bond donors (Lipinski definition) is 1. The van der Waals surface area contributed by atoms with Crippen LogP contribution in [0.1, 0.15) is 36.9 Å². The Morgan fingerprint density at radius 3 is 2.58 bits per heavy atom. The molecule has 6 nitrogen and oxygen atoms in total. The Morgan fingerprint density at radius 2 is 1.96 bits per heavy atom. The number of ether oxygens (including phenoxy) is 1. The topological polar surface area (TPSA) is 70.1 Å². The molecule has 2 aliphatic rings. The van der Waals surface area contributed by atoms with Crippen LogP contribution < -0.4 is 0 Å². The number of likely N-dealkylation sites (tertiary alicyclic amines) is 1. The van der Waals surface area contributed by atoms with Gasteiger partial charge >= 0.3 is 0 Å². The first kappa shape index (κ1) is 18.9. The molecule has 2 atom stereocenters. The van der Waals surface area contributed by atoms with Crippen molar-refractivity contribution >= 4 is 11.8 Å². The predicted octanol–water partition coefficient (Wildman–Crippen LogP) is 1.51. The molecule has 1 aromatic rings. The average molecular weight is 360 g/mol. The maximum absolute atomic E-state index is 13.2. The molecule has 0 aromatic heterocycles.